The van der Waals surface area contributed by atoms with Crippen LogP contribution in [0.4, 0.5) is 0 Å². The molecule has 1 aromatic rings. The van der Waals surface area contributed by atoms with E-state index in [0.717, 1.165) is 19.5 Å². The fraction of sp³-hybridized carbons (Fsp3) is 0.769. The van der Waals surface area contributed by atoms with Crippen LogP contribution in [0.1, 0.15) is 49.0 Å². The first kappa shape index (κ1) is 13.0. The average molecular weight is 253 g/mol. The molecular formula is C13H23N3S. The van der Waals surface area contributed by atoms with Crippen molar-refractivity contribution in [3.63, 3.8) is 0 Å². The van der Waals surface area contributed by atoms with Crippen molar-refractivity contribution in [2.75, 3.05) is 13.1 Å². The molecule has 2 rings (SSSR count). The minimum absolute atomic E-state index is 0.351. The molecule has 0 aliphatic heterocycles. The van der Waals surface area contributed by atoms with E-state index in [1.807, 2.05) is 17.5 Å². The Hall–Kier alpha value is -0.450. The number of hydrogen-bond donors (Lipinski definition) is 2. The van der Waals surface area contributed by atoms with Crippen molar-refractivity contribution in [1.82, 2.24) is 10.3 Å². The van der Waals surface area contributed by atoms with Gasteiger partial charge < -0.3 is 11.1 Å². The second kappa shape index (κ2) is 5.46. The fourth-order valence-corrected chi connectivity index (χ4v) is 3.16. The first-order valence-electron chi connectivity index (χ1n) is 6.57. The van der Waals surface area contributed by atoms with Gasteiger partial charge in [-0.05, 0) is 38.1 Å². The molecule has 3 N–H and O–H groups in total. The molecule has 1 fully saturated rings. The smallest absolute Gasteiger partial charge is 0.109 e. The van der Waals surface area contributed by atoms with Crippen LogP contribution in [0.15, 0.2) is 6.20 Å². The molecule has 0 spiro atoms. The summed E-state index contributed by atoms with van der Waals surface area (Å²) in [5.41, 5.74) is 6.24. The van der Waals surface area contributed by atoms with Gasteiger partial charge in [-0.2, -0.15) is 0 Å². The van der Waals surface area contributed by atoms with Crippen LogP contribution >= 0.6 is 11.3 Å². The van der Waals surface area contributed by atoms with Gasteiger partial charge in [0.05, 0.1) is 6.04 Å². The third-order valence-corrected chi connectivity index (χ3v) is 5.25. The molecule has 0 bridgehead atoms. The predicted octanol–water partition coefficient (Wildman–Crippen LogP) is 2.49. The van der Waals surface area contributed by atoms with Crippen molar-refractivity contribution in [1.29, 1.82) is 0 Å². The predicted molar refractivity (Wildman–Crippen MR) is 73.2 cm³/mol. The maximum Gasteiger partial charge on any atom is 0.109 e. The molecule has 1 aliphatic carbocycles. The molecule has 4 heteroatoms. The van der Waals surface area contributed by atoms with E-state index >= 15 is 0 Å². The largest absolute Gasteiger partial charge is 0.330 e. The van der Waals surface area contributed by atoms with E-state index in [1.54, 1.807) is 0 Å². The molecule has 0 aromatic carbocycles. The Morgan fingerprint density at radius 3 is 2.82 bits per heavy atom. The van der Waals surface area contributed by atoms with Crippen LogP contribution < -0.4 is 11.1 Å². The van der Waals surface area contributed by atoms with Crippen molar-refractivity contribution in [2.24, 2.45) is 11.1 Å². The molecule has 1 aromatic heterocycles. The molecule has 3 nitrogen and oxygen atoms in total. The van der Waals surface area contributed by atoms with Gasteiger partial charge in [-0.15, -0.1) is 11.3 Å². The minimum atomic E-state index is 0.351. The quantitative estimate of drug-likeness (QED) is 0.819. The van der Waals surface area contributed by atoms with Crippen LogP contribution in [0.2, 0.25) is 0 Å². The third-order valence-electron chi connectivity index (χ3n) is 3.92. The number of nitrogens with zero attached hydrogens (tertiary/aromatic N) is 1. The standard InChI is InChI=1S/C13H23N3S/c1-3-11-7-15-12(17-11)10(2)16-9-13(8-14)5-4-6-13/h7,10,16H,3-6,8-9,14H2,1-2H3. The molecule has 0 radical (unpaired) electrons. The molecule has 1 heterocycles. The zero-order valence-electron chi connectivity index (χ0n) is 10.8. The number of nitrogens with one attached hydrogen (secondary N) is 1. The summed E-state index contributed by atoms with van der Waals surface area (Å²) < 4.78 is 0. The van der Waals surface area contributed by atoms with Crippen LogP contribution in [0.5, 0.6) is 0 Å². The van der Waals surface area contributed by atoms with Gasteiger partial charge in [-0.25, -0.2) is 4.98 Å². The molecule has 1 atom stereocenters. The Bertz CT molecular complexity index is 352. The second-order valence-electron chi connectivity index (χ2n) is 5.18. The van der Waals surface area contributed by atoms with E-state index < -0.39 is 0 Å². The van der Waals surface area contributed by atoms with Gasteiger partial charge in [0, 0.05) is 17.6 Å². The summed E-state index contributed by atoms with van der Waals surface area (Å²) in [6.45, 7) is 6.21. The molecule has 1 aliphatic rings. The summed E-state index contributed by atoms with van der Waals surface area (Å²) >= 11 is 1.82. The number of aryl methyl sites for hydroxylation is 1. The summed E-state index contributed by atoms with van der Waals surface area (Å²) in [5, 5.41) is 4.80. The fourth-order valence-electron chi connectivity index (χ4n) is 2.27. The van der Waals surface area contributed by atoms with E-state index in [4.69, 9.17) is 5.73 Å². The summed E-state index contributed by atoms with van der Waals surface area (Å²) in [7, 11) is 0. The second-order valence-corrected chi connectivity index (χ2v) is 6.33. The van der Waals surface area contributed by atoms with E-state index in [0.29, 0.717) is 11.5 Å². The van der Waals surface area contributed by atoms with E-state index in [-0.39, 0.29) is 0 Å². The molecule has 0 amide bonds. The van der Waals surface area contributed by atoms with E-state index in [9.17, 15) is 0 Å². The lowest BCUT2D eigenvalue weighted by Crippen LogP contribution is -2.45. The van der Waals surface area contributed by atoms with Gasteiger partial charge in [0.2, 0.25) is 0 Å². The summed E-state index contributed by atoms with van der Waals surface area (Å²) in [5.74, 6) is 0. The Labute approximate surface area is 108 Å². The zero-order valence-corrected chi connectivity index (χ0v) is 11.6. The van der Waals surface area contributed by atoms with Gasteiger partial charge >= 0.3 is 0 Å². The van der Waals surface area contributed by atoms with Gasteiger partial charge in [0.15, 0.2) is 0 Å². The van der Waals surface area contributed by atoms with Gasteiger partial charge in [-0.1, -0.05) is 13.3 Å². The number of hydrogen-bond acceptors (Lipinski definition) is 4. The van der Waals surface area contributed by atoms with Gasteiger partial charge in [-0.3, -0.25) is 0 Å². The van der Waals surface area contributed by atoms with Crippen molar-refractivity contribution in [3.8, 4) is 0 Å². The lowest BCUT2D eigenvalue weighted by atomic mass is 9.69. The highest BCUT2D eigenvalue weighted by Gasteiger charge is 2.35. The molecule has 0 saturated heterocycles. The lowest BCUT2D eigenvalue weighted by molar-refractivity contribution is 0.136. The first-order chi connectivity index (χ1) is 8.19. The maximum atomic E-state index is 5.87. The summed E-state index contributed by atoms with van der Waals surface area (Å²) in [6.07, 6.45) is 6.98. The van der Waals surface area contributed by atoms with E-state index in [1.165, 1.54) is 29.1 Å². The first-order valence-corrected chi connectivity index (χ1v) is 7.39. The number of nitrogens with two attached hydrogens (primary N) is 1. The monoisotopic (exact) mass is 253 g/mol. The maximum absolute atomic E-state index is 5.87. The minimum Gasteiger partial charge on any atom is -0.330 e. The molecule has 96 valence electrons. The Balaban J connectivity index is 1.86. The van der Waals surface area contributed by atoms with Crippen LogP contribution in [0.3, 0.4) is 0 Å². The highest BCUT2D eigenvalue weighted by atomic mass is 32.1. The summed E-state index contributed by atoms with van der Waals surface area (Å²) in [4.78, 5) is 5.85. The zero-order chi connectivity index (χ0) is 12.3. The van der Waals surface area contributed by atoms with Crippen molar-refractivity contribution in [2.45, 2.75) is 45.6 Å². The Morgan fingerprint density at radius 2 is 2.35 bits per heavy atom. The molecule has 1 saturated carbocycles. The van der Waals surface area contributed by atoms with Crippen molar-refractivity contribution in [3.05, 3.63) is 16.1 Å². The molecular weight excluding hydrogens is 230 g/mol. The molecule has 17 heavy (non-hydrogen) atoms. The lowest BCUT2D eigenvalue weighted by Gasteiger charge is -2.41. The Morgan fingerprint density at radius 1 is 1.59 bits per heavy atom. The average Bonchev–Trinajstić information content (AvgIpc) is 2.76. The number of rotatable bonds is 6. The summed E-state index contributed by atoms with van der Waals surface area (Å²) in [6, 6.07) is 0.351. The van der Waals surface area contributed by atoms with E-state index in [2.05, 4.69) is 24.1 Å². The normalized spacial score (nSPS) is 19.9. The van der Waals surface area contributed by atoms with Crippen LogP contribution in [0, 0.1) is 5.41 Å². The SMILES string of the molecule is CCc1cnc(C(C)NCC2(CN)CCC2)s1. The number of thiazole rings is 1. The van der Waals surface area contributed by atoms with Crippen LogP contribution in [-0.2, 0) is 6.42 Å². The van der Waals surface area contributed by atoms with Crippen molar-refractivity contribution < 1.29 is 0 Å². The Kier molecular flexibility index (Phi) is 4.17. The topological polar surface area (TPSA) is 50.9 Å². The third kappa shape index (κ3) is 2.87. The number of aromatic nitrogens is 1. The van der Waals surface area contributed by atoms with Crippen LogP contribution in [-0.4, -0.2) is 18.1 Å². The van der Waals surface area contributed by atoms with Gasteiger partial charge in [0.25, 0.3) is 0 Å². The highest BCUT2D eigenvalue weighted by molar-refractivity contribution is 7.11. The van der Waals surface area contributed by atoms with Gasteiger partial charge in [0.1, 0.15) is 5.01 Å². The highest BCUT2D eigenvalue weighted by Crippen LogP contribution is 2.39. The molecule has 1 unspecified atom stereocenters. The van der Waals surface area contributed by atoms with Crippen LogP contribution in [0.25, 0.3) is 0 Å². The van der Waals surface area contributed by atoms with Crippen molar-refractivity contribution >= 4 is 11.3 Å².